The molecule has 4 heteroatoms. The normalized spacial score (nSPS) is 18.4. The fourth-order valence-electron chi connectivity index (χ4n) is 2.89. The smallest absolute Gasteiger partial charge is 0.234 e. The number of carbonyl (C=O) groups excluding carboxylic acids is 1. The Hall–Kier alpha value is -1.39. The van der Waals surface area contributed by atoms with Crippen LogP contribution in [0.1, 0.15) is 30.4 Å². The molecule has 1 saturated heterocycles. The molecule has 22 heavy (non-hydrogen) atoms. The zero-order chi connectivity index (χ0) is 15.8. The van der Waals surface area contributed by atoms with Crippen LogP contribution in [-0.4, -0.2) is 50.2 Å². The fourth-order valence-corrected chi connectivity index (χ4v) is 2.89. The van der Waals surface area contributed by atoms with Gasteiger partial charge < -0.3 is 10.1 Å². The number of carbonyl (C=O) groups is 1. The van der Waals surface area contributed by atoms with Crippen molar-refractivity contribution in [3.63, 3.8) is 0 Å². The summed E-state index contributed by atoms with van der Waals surface area (Å²) in [5.41, 5.74) is 2.58. The lowest BCUT2D eigenvalue weighted by Crippen LogP contribution is -2.40. The van der Waals surface area contributed by atoms with Gasteiger partial charge in [0.15, 0.2) is 0 Å². The molecule has 0 bridgehead atoms. The Kier molecular flexibility index (Phi) is 6.87. The Morgan fingerprint density at radius 2 is 2.18 bits per heavy atom. The van der Waals surface area contributed by atoms with E-state index in [0.29, 0.717) is 19.2 Å². The molecule has 1 fully saturated rings. The molecule has 0 radical (unpaired) electrons. The second-order valence-corrected chi connectivity index (χ2v) is 6.21. The maximum atomic E-state index is 12.0. The number of hydrogen-bond acceptors (Lipinski definition) is 3. The van der Waals surface area contributed by atoms with Crippen LogP contribution in [0.3, 0.4) is 0 Å². The first-order chi connectivity index (χ1) is 10.6. The van der Waals surface area contributed by atoms with E-state index in [0.717, 1.165) is 26.0 Å². The van der Waals surface area contributed by atoms with Gasteiger partial charge in [-0.05, 0) is 50.8 Å². The lowest BCUT2D eigenvalue weighted by atomic mass is 10.1. The Morgan fingerprint density at radius 3 is 2.91 bits per heavy atom. The zero-order valence-electron chi connectivity index (χ0n) is 13.8. The summed E-state index contributed by atoms with van der Waals surface area (Å²) in [6.07, 6.45) is 4.69. The van der Waals surface area contributed by atoms with Crippen molar-refractivity contribution < 1.29 is 9.53 Å². The number of amides is 1. The topological polar surface area (TPSA) is 41.6 Å². The van der Waals surface area contributed by atoms with Gasteiger partial charge in [-0.15, -0.1) is 0 Å². The Morgan fingerprint density at radius 1 is 1.36 bits per heavy atom. The van der Waals surface area contributed by atoms with Gasteiger partial charge in [0.25, 0.3) is 0 Å². The average molecular weight is 304 g/mol. The molecule has 1 heterocycles. The average Bonchev–Trinajstić information content (AvgIpc) is 2.50. The van der Waals surface area contributed by atoms with Gasteiger partial charge in [0.2, 0.25) is 5.91 Å². The van der Waals surface area contributed by atoms with Crippen LogP contribution in [0.4, 0.5) is 0 Å². The van der Waals surface area contributed by atoms with E-state index >= 15 is 0 Å². The molecule has 2 rings (SSSR count). The third-order valence-electron chi connectivity index (χ3n) is 4.18. The number of benzene rings is 1. The molecule has 1 aliphatic heterocycles. The van der Waals surface area contributed by atoms with E-state index < -0.39 is 0 Å². The van der Waals surface area contributed by atoms with Gasteiger partial charge in [-0.1, -0.05) is 24.3 Å². The minimum Gasteiger partial charge on any atom is -0.377 e. The van der Waals surface area contributed by atoms with Crippen molar-refractivity contribution in [3.05, 3.63) is 35.4 Å². The van der Waals surface area contributed by atoms with Gasteiger partial charge in [0.05, 0.1) is 12.6 Å². The number of ether oxygens (including phenoxy) is 1. The van der Waals surface area contributed by atoms with Gasteiger partial charge in [-0.3, -0.25) is 9.69 Å². The molecule has 1 aromatic rings. The van der Waals surface area contributed by atoms with Crippen molar-refractivity contribution in [2.45, 2.75) is 38.7 Å². The second kappa shape index (κ2) is 8.91. The molecule has 1 aromatic carbocycles. The molecule has 1 N–H and O–H groups in total. The lowest BCUT2D eigenvalue weighted by Gasteiger charge is -2.27. The summed E-state index contributed by atoms with van der Waals surface area (Å²) in [5.74, 6) is 0.0897. The molecular weight excluding hydrogens is 276 g/mol. The van der Waals surface area contributed by atoms with Crippen molar-refractivity contribution in [3.8, 4) is 0 Å². The standard InChI is InChI=1S/C18H28N2O2/c1-15-7-3-4-8-16(15)10-11-19-18(21)14-20(2)13-17-9-5-6-12-22-17/h3-4,7-8,17H,5-6,9-14H2,1-2H3,(H,19,21). The Bertz CT molecular complexity index is 470. The molecule has 1 aliphatic rings. The van der Waals surface area contributed by atoms with Crippen LogP contribution < -0.4 is 5.32 Å². The summed E-state index contributed by atoms with van der Waals surface area (Å²) in [4.78, 5) is 14.0. The maximum Gasteiger partial charge on any atom is 0.234 e. The summed E-state index contributed by atoms with van der Waals surface area (Å²) in [7, 11) is 1.99. The second-order valence-electron chi connectivity index (χ2n) is 6.21. The Balaban J connectivity index is 1.63. The highest BCUT2D eigenvalue weighted by Crippen LogP contribution is 2.13. The van der Waals surface area contributed by atoms with E-state index in [1.54, 1.807) is 0 Å². The molecule has 122 valence electrons. The predicted octanol–water partition coefficient (Wildman–Crippen LogP) is 2.15. The van der Waals surface area contributed by atoms with Crippen molar-refractivity contribution in [1.82, 2.24) is 10.2 Å². The highest BCUT2D eigenvalue weighted by molar-refractivity contribution is 5.77. The molecule has 0 saturated carbocycles. The van der Waals surface area contributed by atoms with Crippen LogP contribution in [0.15, 0.2) is 24.3 Å². The quantitative estimate of drug-likeness (QED) is 0.839. The zero-order valence-corrected chi connectivity index (χ0v) is 13.8. The largest absolute Gasteiger partial charge is 0.377 e. The monoisotopic (exact) mass is 304 g/mol. The third-order valence-corrected chi connectivity index (χ3v) is 4.18. The SMILES string of the molecule is Cc1ccccc1CCNC(=O)CN(C)CC1CCCCO1. The van der Waals surface area contributed by atoms with Crippen molar-refractivity contribution in [2.24, 2.45) is 0 Å². The minimum absolute atomic E-state index is 0.0897. The van der Waals surface area contributed by atoms with E-state index in [1.807, 2.05) is 19.2 Å². The fraction of sp³-hybridized carbons (Fsp3) is 0.611. The van der Waals surface area contributed by atoms with Crippen LogP contribution >= 0.6 is 0 Å². The van der Waals surface area contributed by atoms with Crippen LogP contribution in [0.5, 0.6) is 0 Å². The number of nitrogens with one attached hydrogen (secondary N) is 1. The maximum absolute atomic E-state index is 12.0. The number of rotatable bonds is 7. The molecule has 1 unspecified atom stereocenters. The summed E-state index contributed by atoms with van der Waals surface area (Å²) >= 11 is 0. The van der Waals surface area contributed by atoms with E-state index in [1.165, 1.54) is 24.0 Å². The van der Waals surface area contributed by atoms with E-state index in [9.17, 15) is 4.79 Å². The number of likely N-dealkylation sites (N-methyl/N-ethyl adjacent to an activating group) is 1. The van der Waals surface area contributed by atoms with E-state index in [2.05, 4.69) is 29.3 Å². The van der Waals surface area contributed by atoms with E-state index in [4.69, 9.17) is 4.74 Å². The van der Waals surface area contributed by atoms with Crippen LogP contribution in [-0.2, 0) is 16.0 Å². The highest BCUT2D eigenvalue weighted by atomic mass is 16.5. The first-order valence-corrected chi connectivity index (χ1v) is 8.26. The van der Waals surface area contributed by atoms with Gasteiger partial charge in [0.1, 0.15) is 0 Å². The van der Waals surface area contributed by atoms with Crippen LogP contribution in [0.25, 0.3) is 0 Å². The highest BCUT2D eigenvalue weighted by Gasteiger charge is 2.17. The summed E-state index contributed by atoms with van der Waals surface area (Å²) in [5, 5.41) is 3.01. The minimum atomic E-state index is 0.0897. The summed E-state index contributed by atoms with van der Waals surface area (Å²) in [6, 6.07) is 8.31. The Labute approximate surface area is 133 Å². The molecule has 4 nitrogen and oxygen atoms in total. The van der Waals surface area contributed by atoms with Gasteiger partial charge >= 0.3 is 0 Å². The van der Waals surface area contributed by atoms with Gasteiger partial charge in [0, 0.05) is 19.7 Å². The van der Waals surface area contributed by atoms with Crippen LogP contribution in [0, 0.1) is 6.92 Å². The van der Waals surface area contributed by atoms with Gasteiger partial charge in [-0.2, -0.15) is 0 Å². The molecule has 0 aliphatic carbocycles. The molecule has 1 atom stereocenters. The first kappa shape index (κ1) is 17.0. The number of nitrogens with zero attached hydrogens (tertiary/aromatic N) is 1. The number of hydrogen-bond donors (Lipinski definition) is 1. The van der Waals surface area contributed by atoms with Gasteiger partial charge in [-0.25, -0.2) is 0 Å². The van der Waals surface area contributed by atoms with Crippen molar-refractivity contribution in [1.29, 1.82) is 0 Å². The third kappa shape index (κ3) is 5.78. The molecular formula is C18H28N2O2. The van der Waals surface area contributed by atoms with Crippen molar-refractivity contribution >= 4 is 5.91 Å². The van der Waals surface area contributed by atoms with Crippen LogP contribution in [0.2, 0.25) is 0 Å². The molecule has 0 spiro atoms. The molecule has 1 amide bonds. The summed E-state index contributed by atoms with van der Waals surface area (Å²) < 4.78 is 5.71. The lowest BCUT2D eigenvalue weighted by molar-refractivity contribution is -0.122. The van der Waals surface area contributed by atoms with E-state index in [-0.39, 0.29) is 5.91 Å². The molecule has 0 aromatic heterocycles. The van der Waals surface area contributed by atoms with Crippen molar-refractivity contribution in [2.75, 3.05) is 33.3 Å². The summed E-state index contributed by atoms with van der Waals surface area (Å²) in [6.45, 7) is 4.94. The predicted molar refractivity (Wildman–Crippen MR) is 89.0 cm³/mol. The number of aryl methyl sites for hydroxylation is 1. The first-order valence-electron chi connectivity index (χ1n) is 8.26.